The topological polar surface area (TPSA) is 84.0 Å². The summed E-state index contributed by atoms with van der Waals surface area (Å²) in [5.41, 5.74) is 0.471. The Hall–Kier alpha value is -1.93. The Balaban J connectivity index is 2.12. The van der Waals surface area contributed by atoms with Crippen LogP contribution in [0.5, 0.6) is 0 Å². The van der Waals surface area contributed by atoms with Gasteiger partial charge in [0.05, 0.1) is 11.5 Å². The lowest BCUT2D eigenvalue weighted by Crippen LogP contribution is -2.37. The summed E-state index contributed by atoms with van der Waals surface area (Å²) in [6.45, 7) is 4.78. The lowest BCUT2D eigenvalue weighted by atomic mass is 10.2. The second-order valence-corrected chi connectivity index (χ2v) is 7.46. The maximum atomic E-state index is 12.7. The van der Waals surface area contributed by atoms with Crippen LogP contribution in [0.25, 0.3) is 0 Å². The number of ether oxygens (including phenoxy) is 1. The van der Waals surface area contributed by atoms with Gasteiger partial charge in [-0.2, -0.15) is 4.31 Å². The number of Topliss-reactive ketones (excluding diaryl/α,β-unsaturated/α-hetero) is 1. The minimum absolute atomic E-state index is 0.112. The summed E-state index contributed by atoms with van der Waals surface area (Å²) in [4.78, 5) is 24.8. The van der Waals surface area contributed by atoms with Gasteiger partial charge in [0, 0.05) is 31.7 Å². The van der Waals surface area contributed by atoms with Crippen LogP contribution < -0.4 is 0 Å². The molecule has 0 saturated carbocycles. The van der Waals surface area contributed by atoms with E-state index in [0.29, 0.717) is 38.2 Å². The van der Waals surface area contributed by atoms with Crippen molar-refractivity contribution in [3.8, 4) is 0 Å². The van der Waals surface area contributed by atoms with Gasteiger partial charge in [-0.05, 0) is 32.4 Å². The number of hydrogen-bond donors (Lipinski definition) is 0. The molecule has 132 valence electrons. The van der Waals surface area contributed by atoms with E-state index in [1.54, 1.807) is 6.92 Å². The maximum Gasteiger partial charge on any atom is 0.409 e. The molecule has 1 saturated heterocycles. The maximum absolute atomic E-state index is 12.7. The summed E-state index contributed by atoms with van der Waals surface area (Å²) in [5, 5.41) is 0. The highest BCUT2D eigenvalue weighted by Crippen LogP contribution is 2.19. The molecular weight excluding hydrogens is 332 g/mol. The minimum Gasteiger partial charge on any atom is -0.450 e. The number of carbonyl (C=O) groups excluding carboxylic acids is 2. The molecule has 0 atom stereocenters. The quantitative estimate of drug-likeness (QED) is 0.769. The van der Waals surface area contributed by atoms with Gasteiger partial charge in [0.25, 0.3) is 0 Å². The number of ketones is 1. The Morgan fingerprint density at radius 3 is 2.33 bits per heavy atom. The Bertz CT molecular complexity index is 700. The SMILES string of the molecule is CCOC(=O)N1CCCN(S(=O)(=O)c2ccc(C(C)=O)cc2)CC1. The van der Waals surface area contributed by atoms with Crippen LogP contribution in [0.3, 0.4) is 0 Å². The van der Waals surface area contributed by atoms with Gasteiger partial charge >= 0.3 is 6.09 Å². The molecule has 0 unspecified atom stereocenters. The standard InChI is InChI=1S/C16H22N2O5S/c1-3-23-16(20)17-9-4-10-18(12-11-17)24(21,22)15-7-5-14(6-8-15)13(2)19/h5-8H,3-4,9-12H2,1-2H3. The summed E-state index contributed by atoms with van der Waals surface area (Å²) in [5.74, 6) is -0.112. The van der Waals surface area contributed by atoms with Crippen molar-refractivity contribution in [1.82, 2.24) is 9.21 Å². The van der Waals surface area contributed by atoms with Gasteiger partial charge in [0.15, 0.2) is 5.78 Å². The zero-order valence-corrected chi connectivity index (χ0v) is 14.7. The van der Waals surface area contributed by atoms with Crippen LogP contribution >= 0.6 is 0 Å². The van der Waals surface area contributed by atoms with Gasteiger partial charge in [-0.3, -0.25) is 4.79 Å². The van der Waals surface area contributed by atoms with E-state index in [2.05, 4.69) is 0 Å². The average molecular weight is 354 g/mol. The van der Waals surface area contributed by atoms with Gasteiger partial charge < -0.3 is 9.64 Å². The summed E-state index contributed by atoms with van der Waals surface area (Å²) >= 11 is 0. The van der Waals surface area contributed by atoms with Gasteiger partial charge in [0.1, 0.15) is 0 Å². The molecule has 1 heterocycles. The van der Waals surface area contributed by atoms with E-state index in [-0.39, 0.29) is 17.2 Å². The van der Waals surface area contributed by atoms with Crippen LogP contribution in [0.1, 0.15) is 30.6 Å². The third kappa shape index (κ3) is 4.12. The molecule has 1 aromatic carbocycles. The first kappa shape index (κ1) is 18.4. The first-order valence-corrected chi connectivity index (χ1v) is 9.33. The first-order chi connectivity index (χ1) is 11.4. The van der Waals surface area contributed by atoms with Crippen molar-refractivity contribution in [2.45, 2.75) is 25.2 Å². The number of nitrogens with zero attached hydrogens (tertiary/aromatic N) is 2. The Morgan fingerprint density at radius 1 is 1.08 bits per heavy atom. The predicted molar refractivity (Wildman–Crippen MR) is 88.4 cm³/mol. The fourth-order valence-corrected chi connectivity index (χ4v) is 4.01. The fraction of sp³-hybridized carbons (Fsp3) is 0.500. The fourth-order valence-electron chi connectivity index (χ4n) is 2.54. The van der Waals surface area contributed by atoms with Gasteiger partial charge in [-0.1, -0.05) is 12.1 Å². The van der Waals surface area contributed by atoms with Crippen molar-refractivity contribution in [1.29, 1.82) is 0 Å². The highest BCUT2D eigenvalue weighted by atomic mass is 32.2. The molecule has 2 rings (SSSR count). The molecule has 24 heavy (non-hydrogen) atoms. The van der Waals surface area contributed by atoms with Crippen LogP contribution in [-0.2, 0) is 14.8 Å². The summed E-state index contributed by atoms with van der Waals surface area (Å²) < 4.78 is 31.8. The zero-order chi connectivity index (χ0) is 17.7. The summed E-state index contributed by atoms with van der Waals surface area (Å²) in [6, 6.07) is 5.91. The Labute approximate surface area is 142 Å². The normalized spacial score (nSPS) is 16.5. The van der Waals surface area contributed by atoms with E-state index in [0.717, 1.165) is 0 Å². The molecule has 0 aromatic heterocycles. The molecule has 0 bridgehead atoms. The molecule has 1 amide bonds. The van der Waals surface area contributed by atoms with Crippen molar-refractivity contribution in [3.63, 3.8) is 0 Å². The predicted octanol–water partition coefficient (Wildman–Crippen LogP) is 1.74. The molecule has 7 nitrogen and oxygen atoms in total. The van der Waals surface area contributed by atoms with Crippen molar-refractivity contribution in [3.05, 3.63) is 29.8 Å². The number of rotatable bonds is 4. The highest BCUT2D eigenvalue weighted by Gasteiger charge is 2.28. The van der Waals surface area contributed by atoms with Crippen molar-refractivity contribution in [2.24, 2.45) is 0 Å². The van der Waals surface area contributed by atoms with Gasteiger partial charge in [-0.15, -0.1) is 0 Å². The number of benzene rings is 1. The number of sulfonamides is 1. The van der Waals surface area contributed by atoms with Crippen molar-refractivity contribution < 1.29 is 22.7 Å². The molecular formula is C16H22N2O5S. The van der Waals surface area contributed by atoms with Gasteiger partial charge in [0.2, 0.25) is 10.0 Å². The number of hydrogen-bond acceptors (Lipinski definition) is 5. The van der Waals surface area contributed by atoms with Gasteiger partial charge in [-0.25, -0.2) is 13.2 Å². The van der Waals surface area contributed by atoms with Crippen LogP contribution in [0.4, 0.5) is 4.79 Å². The number of carbonyl (C=O) groups is 2. The molecule has 1 aliphatic heterocycles. The van der Waals surface area contributed by atoms with E-state index in [4.69, 9.17) is 4.74 Å². The van der Waals surface area contributed by atoms with Crippen molar-refractivity contribution >= 4 is 21.9 Å². The number of amides is 1. The van der Waals surface area contributed by atoms with Crippen LogP contribution in [0, 0.1) is 0 Å². The largest absolute Gasteiger partial charge is 0.450 e. The second kappa shape index (κ2) is 7.76. The summed E-state index contributed by atoms with van der Waals surface area (Å²) in [6.07, 6.45) is 0.131. The van der Waals surface area contributed by atoms with E-state index in [1.807, 2.05) is 0 Å². The molecule has 1 fully saturated rings. The molecule has 1 aromatic rings. The Kier molecular flexibility index (Phi) is 5.95. The average Bonchev–Trinajstić information content (AvgIpc) is 2.81. The van der Waals surface area contributed by atoms with E-state index in [9.17, 15) is 18.0 Å². The lowest BCUT2D eigenvalue weighted by Gasteiger charge is -2.21. The van der Waals surface area contributed by atoms with Crippen LogP contribution in [0.2, 0.25) is 0 Å². The molecule has 0 radical (unpaired) electrons. The third-order valence-electron chi connectivity index (χ3n) is 3.88. The third-order valence-corrected chi connectivity index (χ3v) is 5.79. The van der Waals surface area contributed by atoms with Crippen molar-refractivity contribution in [2.75, 3.05) is 32.8 Å². The lowest BCUT2D eigenvalue weighted by molar-refractivity contribution is 0.101. The van der Waals surface area contributed by atoms with Crippen LogP contribution in [-0.4, -0.2) is 62.3 Å². The molecule has 0 aliphatic carbocycles. The minimum atomic E-state index is -3.65. The first-order valence-electron chi connectivity index (χ1n) is 7.89. The zero-order valence-electron chi connectivity index (χ0n) is 13.9. The molecule has 0 N–H and O–H groups in total. The second-order valence-electron chi connectivity index (χ2n) is 5.52. The van der Waals surface area contributed by atoms with E-state index in [1.165, 1.54) is 40.4 Å². The van der Waals surface area contributed by atoms with E-state index < -0.39 is 16.1 Å². The molecule has 0 spiro atoms. The highest BCUT2D eigenvalue weighted by molar-refractivity contribution is 7.89. The molecule has 1 aliphatic rings. The van der Waals surface area contributed by atoms with E-state index >= 15 is 0 Å². The smallest absolute Gasteiger partial charge is 0.409 e. The van der Waals surface area contributed by atoms with Crippen LogP contribution in [0.15, 0.2) is 29.2 Å². The Morgan fingerprint density at radius 2 is 1.75 bits per heavy atom. The molecule has 8 heteroatoms. The monoisotopic (exact) mass is 354 g/mol. The summed E-state index contributed by atoms with van der Waals surface area (Å²) in [7, 11) is -3.65.